The van der Waals surface area contributed by atoms with Crippen molar-refractivity contribution >= 4 is 16.3 Å². The number of aryl methyl sites for hydroxylation is 1. The van der Waals surface area contributed by atoms with Crippen molar-refractivity contribution in [2.24, 2.45) is 0 Å². The highest BCUT2D eigenvalue weighted by Crippen LogP contribution is 2.14. The summed E-state index contributed by atoms with van der Waals surface area (Å²) in [5.41, 5.74) is 2.87. The largest absolute Gasteiger partial charge is 0.296 e. The van der Waals surface area contributed by atoms with Crippen LogP contribution in [0.25, 0.3) is 10.6 Å². The molecule has 0 radical (unpaired) electrons. The molecule has 0 saturated carbocycles. The lowest BCUT2D eigenvalue weighted by molar-refractivity contribution is 0.315. The molecule has 0 saturated heterocycles. The zero-order valence-electron chi connectivity index (χ0n) is 15.2. The van der Waals surface area contributed by atoms with Crippen molar-refractivity contribution in [2.45, 2.75) is 26.4 Å². The first-order valence-corrected chi connectivity index (χ1v) is 9.60. The smallest absolute Gasteiger partial charge is 0.275 e. The lowest BCUT2D eigenvalue weighted by Gasteiger charge is -2.16. The number of hydrogen-bond donors (Lipinski definition) is 0. The van der Waals surface area contributed by atoms with Gasteiger partial charge in [-0.15, -0.1) is 0 Å². The lowest BCUT2D eigenvalue weighted by atomic mass is 10.2. The quantitative estimate of drug-likeness (QED) is 0.514. The second kappa shape index (κ2) is 7.42. The number of hydrogen-bond acceptors (Lipinski definition) is 6. The van der Waals surface area contributed by atoms with Gasteiger partial charge in [0.1, 0.15) is 5.01 Å². The summed E-state index contributed by atoms with van der Waals surface area (Å²) in [5.74, 6) is 0. The minimum Gasteiger partial charge on any atom is -0.296 e. The summed E-state index contributed by atoms with van der Waals surface area (Å²) >= 11 is 1.47. The predicted octanol–water partition coefficient (Wildman–Crippen LogP) is 2.53. The Kier molecular flexibility index (Phi) is 4.83. The molecule has 0 aliphatic heterocycles. The summed E-state index contributed by atoms with van der Waals surface area (Å²) in [4.78, 5) is 19.7. The third kappa shape index (κ3) is 3.81. The third-order valence-electron chi connectivity index (χ3n) is 4.23. The van der Waals surface area contributed by atoms with Crippen LogP contribution in [0.3, 0.4) is 0 Å². The van der Waals surface area contributed by atoms with E-state index in [4.69, 9.17) is 0 Å². The highest BCUT2D eigenvalue weighted by molar-refractivity contribution is 7.16. The van der Waals surface area contributed by atoms with E-state index >= 15 is 0 Å². The Labute approximate surface area is 160 Å². The van der Waals surface area contributed by atoms with E-state index in [9.17, 15) is 4.79 Å². The topological polar surface area (TPSA) is 68.3 Å². The zero-order chi connectivity index (χ0) is 18.8. The zero-order valence-corrected chi connectivity index (χ0v) is 16.1. The third-order valence-corrected chi connectivity index (χ3v) is 5.28. The van der Waals surface area contributed by atoms with Crippen molar-refractivity contribution < 1.29 is 0 Å². The van der Waals surface area contributed by atoms with Gasteiger partial charge in [-0.2, -0.15) is 14.7 Å². The number of fused-ring (bicyclic) bond motifs is 1. The fraction of sp³-hybridized carbons (Fsp3) is 0.263. The lowest BCUT2D eigenvalue weighted by Crippen LogP contribution is -2.21. The molecule has 0 amide bonds. The Balaban J connectivity index is 1.46. The van der Waals surface area contributed by atoms with E-state index in [-0.39, 0.29) is 5.56 Å². The van der Waals surface area contributed by atoms with Crippen molar-refractivity contribution in [1.82, 2.24) is 29.3 Å². The monoisotopic (exact) mass is 380 g/mol. The van der Waals surface area contributed by atoms with Gasteiger partial charge >= 0.3 is 0 Å². The van der Waals surface area contributed by atoms with Crippen LogP contribution in [0.4, 0.5) is 0 Å². The Hall–Kier alpha value is -2.84. The van der Waals surface area contributed by atoms with Gasteiger partial charge < -0.3 is 0 Å². The van der Waals surface area contributed by atoms with Crippen molar-refractivity contribution in [3.05, 3.63) is 75.4 Å². The molecule has 1 aromatic carbocycles. The number of benzene rings is 1. The average molecular weight is 380 g/mol. The van der Waals surface area contributed by atoms with Gasteiger partial charge in [0, 0.05) is 31.5 Å². The molecule has 0 spiro atoms. The summed E-state index contributed by atoms with van der Waals surface area (Å²) < 4.78 is 3.22. The Morgan fingerprint density at radius 1 is 1.19 bits per heavy atom. The van der Waals surface area contributed by atoms with Gasteiger partial charge in [0.05, 0.1) is 11.4 Å². The molecule has 0 bridgehead atoms. The molecule has 27 heavy (non-hydrogen) atoms. The summed E-state index contributed by atoms with van der Waals surface area (Å²) in [7, 11) is 2.02. The van der Waals surface area contributed by atoms with E-state index in [0.29, 0.717) is 11.5 Å². The highest BCUT2D eigenvalue weighted by Gasteiger charge is 2.10. The van der Waals surface area contributed by atoms with Crippen molar-refractivity contribution in [1.29, 1.82) is 0 Å². The van der Waals surface area contributed by atoms with E-state index in [2.05, 4.69) is 44.3 Å². The second-order valence-electron chi connectivity index (χ2n) is 6.42. The minimum atomic E-state index is -0.122. The summed E-state index contributed by atoms with van der Waals surface area (Å²) in [5, 5.41) is 9.44. The van der Waals surface area contributed by atoms with Gasteiger partial charge in [0.15, 0.2) is 0 Å². The number of rotatable bonds is 6. The van der Waals surface area contributed by atoms with Gasteiger partial charge in [-0.3, -0.25) is 9.69 Å². The van der Waals surface area contributed by atoms with Crippen LogP contribution in [0.5, 0.6) is 0 Å². The molecule has 0 N–H and O–H groups in total. The average Bonchev–Trinajstić information content (AvgIpc) is 3.32. The first-order valence-electron chi connectivity index (χ1n) is 8.78. The van der Waals surface area contributed by atoms with Gasteiger partial charge in [-0.1, -0.05) is 30.4 Å². The van der Waals surface area contributed by atoms with E-state index in [0.717, 1.165) is 29.4 Å². The van der Waals surface area contributed by atoms with Crippen molar-refractivity contribution in [2.75, 3.05) is 7.05 Å². The van der Waals surface area contributed by atoms with E-state index < -0.39 is 0 Å². The van der Waals surface area contributed by atoms with Crippen molar-refractivity contribution in [3.8, 4) is 5.69 Å². The first-order chi connectivity index (χ1) is 13.1. The van der Waals surface area contributed by atoms with Gasteiger partial charge in [-0.05, 0) is 37.2 Å². The molecule has 4 rings (SSSR count). The number of aromatic nitrogens is 5. The Bertz CT molecular complexity index is 1100. The maximum absolute atomic E-state index is 12.3. The SMILES string of the molecule is CCc1nn2c(=O)cc(CN(C)Cc3ccc(-n4cccn4)cc3)nc2s1. The van der Waals surface area contributed by atoms with Crippen LogP contribution in [0.1, 0.15) is 23.2 Å². The molecule has 0 aliphatic rings. The maximum Gasteiger partial charge on any atom is 0.275 e. The summed E-state index contributed by atoms with van der Waals surface area (Å²) in [6.45, 7) is 3.39. The maximum atomic E-state index is 12.3. The van der Waals surface area contributed by atoms with Gasteiger partial charge in [0.2, 0.25) is 4.96 Å². The molecule has 8 heteroatoms. The van der Waals surface area contributed by atoms with Crippen LogP contribution in [-0.4, -0.2) is 36.3 Å². The normalized spacial score (nSPS) is 11.5. The highest BCUT2D eigenvalue weighted by atomic mass is 32.1. The summed E-state index contributed by atoms with van der Waals surface area (Å²) in [6.07, 6.45) is 4.49. The fourth-order valence-corrected chi connectivity index (χ4v) is 3.80. The van der Waals surface area contributed by atoms with Gasteiger partial charge in [0.25, 0.3) is 5.56 Å². The van der Waals surface area contributed by atoms with Crippen LogP contribution < -0.4 is 5.56 Å². The van der Waals surface area contributed by atoms with Crippen molar-refractivity contribution in [3.63, 3.8) is 0 Å². The number of nitrogens with zero attached hydrogens (tertiary/aromatic N) is 6. The fourth-order valence-electron chi connectivity index (χ4n) is 2.94. The molecule has 3 heterocycles. The second-order valence-corrected chi connectivity index (χ2v) is 7.46. The molecular weight excluding hydrogens is 360 g/mol. The van der Waals surface area contributed by atoms with E-state index in [1.807, 2.05) is 30.9 Å². The predicted molar refractivity (Wildman–Crippen MR) is 105 cm³/mol. The Morgan fingerprint density at radius 2 is 2.00 bits per heavy atom. The standard InChI is InChI=1S/C19H20N6OS/c1-3-17-22-25-18(26)11-15(21-19(25)27-17)13-23(2)12-14-5-7-16(8-6-14)24-10-4-9-20-24/h4-11H,3,12-13H2,1-2H3. The van der Waals surface area contributed by atoms with Crippen LogP contribution >= 0.6 is 11.3 Å². The van der Waals surface area contributed by atoms with Crippen LogP contribution in [-0.2, 0) is 19.5 Å². The van der Waals surface area contributed by atoms with Gasteiger partial charge in [-0.25, -0.2) is 9.67 Å². The molecule has 138 valence electrons. The van der Waals surface area contributed by atoms with E-state index in [1.165, 1.54) is 21.4 Å². The molecule has 4 aromatic rings. The molecule has 7 nitrogen and oxygen atoms in total. The van der Waals surface area contributed by atoms with Crippen LogP contribution in [0.2, 0.25) is 0 Å². The Morgan fingerprint density at radius 3 is 2.70 bits per heavy atom. The minimum absolute atomic E-state index is 0.122. The first kappa shape index (κ1) is 17.6. The van der Waals surface area contributed by atoms with E-state index in [1.54, 1.807) is 12.3 Å². The molecule has 0 unspecified atom stereocenters. The summed E-state index contributed by atoms with van der Waals surface area (Å²) in [6, 6.07) is 11.8. The molecular formula is C19H20N6OS. The molecule has 0 fully saturated rings. The molecule has 0 aliphatic carbocycles. The molecule has 0 atom stereocenters. The van der Waals surface area contributed by atoms with Crippen LogP contribution in [0, 0.1) is 0 Å². The van der Waals surface area contributed by atoms with Crippen LogP contribution in [0.15, 0.2) is 53.6 Å². The molecule has 3 aromatic heterocycles.